The highest BCUT2D eigenvalue weighted by Crippen LogP contribution is 2.24. The molecule has 1 amide bonds. The van der Waals surface area contributed by atoms with Crippen LogP contribution < -0.4 is 11.5 Å². The van der Waals surface area contributed by atoms with Crippen LogP contribution in [-0.4, -0.2) is 24.2 Å². The number of nitrogens with two attached hydrogens (primary N) is 2. The Kier molecular flexibility index (Phi) is 5.40. The molecule has 0 aliphatic heterocycles. The topological polar surface area (TPSA) is 78.3 Å². The molecule has 0 spiro atoms. The molecule has 4 N–H and O–H groups in total. The Hall–Kier alpha value is -0.610. The van der Waals surface area contributed by atoms with E-state index >= 15 is 0 Å². The molecule has 0 heterocycles. The highest BCUT2D eigenvalue weighted by molar-refractivity contribution is 5.83. The van der Waals surface area contributed by atoms with E-state index in [1.54, 1.807) is 6.92 Å². The van der Waals surface area contributed by atoms with Crippen LogP contribution in [0.15, 0.2) is 0 Å². The number of hydrogen-bond acceptors (Lipinski definition) is 3. The minimum atomic E-state index is -0.966. The maximum absolute atomic E-state index is 11.1. The van der Waals surface area contributed by atoms with Gasteiger partial charge in [0.2, 0.25) is 5.91 Å². The van der Waals surface area contributed by atoms with Crippen LogP contribution in [0.2, 0.25) is 0 Å². The number of hydrogen-bond donors (Lipinski definition) is 2. The Morgan fingerprint density at radius 1 is 1.41 bits per heavy atom. The van der Waals surface area contributed by atoms with Crippen molar-refractivity contribution in [2.75, 3.05) is 6.61 Å². The Balaban J connectivity index is 2.24. The molecule has 0 aromatic carbocycles. The Labute approximate surface area is 104 Å². The Morgan fingerprint density at radius 3 is 2.53 bits per heavy atom. The van der Waals surface area contributed by atoms with Crippen LogP contribution in [0.4, 0.5) is 0 Å². The van der Waals surface area contributed by atoms with Gasteiger partial charge in [-0.05, 0) is 39.0 Å². The highest BCUT2D eigenvalue weighted by Gasteiger charge is 2.28. The first kappa shape index (κ1) is 14.5. The van der Waals surface area contributed by atoms with Gasteiger partial charge in [-0.3, -0.25) is 4.79 Å². The lowest BCUT2D eigenvalue weighted by Crippen LogP contribution is -2.51. The molecule has 1 rings (SSSR count). The summed E-state index contributed by atoms with van der Waals surface area (Å²) in [7, 11) is 0. The molecule has 17 heavy (non-hydrogen) atoms. The molecular formula is C13H26N2O2. The summed E-state index contributed by atoms with van der Waals surface area (Å²) in [4.78, 5) is 11.1. The second-order valence-corrected chi connectivity index (χ2v) is 5.63. The van der Waals surface area contributed by atoms with E-state index in [2.05, 4.69) is 0 Å². The SMILES string of the molecule is CC(CC(C)(N)C(N)=O)OCC1CCCCC1. The Bertz CT molecular complexity index is 248. The zero-order valence-corrected chi connectivity index (χ0v) is 11.1. The fourth-order valence-corrected chi connectivity index (χ4v) is 2.41. The number of rotatable bonds is 6. The molecule has 0 aromatic heterocycles. The highest BCUT2D eigenvalue weighted by atomic mass is 16.5. The summed E-state index contributed by atoms with van der Waals surface area (Å²) in [5.74, 6) is 0.217. The van der Waals surface area contributed by atoms with Gasteiger partial charge in [0.05, 0.1) is 11.6 Å². The van der Waals surface area contributed by atoms with Gasteiger partial charge in [0, 0.05) is 6.61 Å². The van der Waals surface area contributed by atoms with Crippen LogP contribution in [0.25, 0.3) is 0 Å². The number of ether oxygens (including phenoxy) is 1. The first-order valence-electron chi connectivity index (χ1n) is 6.62. The third kappa shape index (κ3) is 5.04. The first-order chi connectivity index (χ1) is 7.92. The maximum atomic E-state index is 11.1. The molecule has 1 fully saturated rings. The minimum Gasteiger partial charge on any atom is -0.378 e. The molecule has 1 saturated carbocycles. The van der Waals surface area contributed by atoms with Crippen LogP contribution in [0.3, 0.4) is 0 Å². The molecule has 1 aliphatic rings. The third-order valence-corrected chi connectivity index (χ3v) is 3.62. The van der Waals surface area contributed by atoms with Gasteiger partial charge in [0.1, 0.15) is 0 Å². The van der Waals surface area contributed by atoms with Crippen LogP contribution >= 0.6 is 0 Å². The number of carbonyl (C=O) groups is 1. The number of carbonyl (C=O) groups excluding carboxylic acids is 1. The molecule has 0 aromatic rings. The molecule has 4 heteroatoms. The molecule has 0 radical (unpaired) electrons. The van der Waals surface area contributed by atoms with E-state index in [0.717, 1.165) is 6.61 Å². The van der Waals surface area contributed by atoms with Crippen molar-refractivity contribution in [3.8, 4) is 0 Å². The normalized spacial score (nSPS) is 23.0. The summed E-state index contributed by atoms with van der Waals surface area (Å²) in [5, 5.41) is 0. The Morgan fingerprint density at radius 2 is 2.00 bits per heavy atom. The fraction of sp³-hybridized carbons (Fsp3) is 0.923. The first-order valence-corrected chi connectivity index (χ1v) is 6.62. The van der Waals surface area contributed by atoms with E-state index < -0.39 is 11.4 Å². The van der Waals surface area contributed by atoms with Crippen LogP contribution in [0.5, 0.6) is 0 Å². The minimum absolute atomic E-state index is 0.0144. The largest absolute Gasteiger partial charge is 0.378 e. The van der Waals surface area contributed by atoms with Gasteiger partial charge in [-0.25, -0.2) is 0 Å². The van der Waals surface area contributed by atoms with Crippen molar-refractivity contribution in [3.63, 3.8) is 0 Å². The molecule has 2 unspecified atom stereocenters. The second kappa shape index (κ2) is 6.36. The fourth-order valence-electron chi connectivity index (χ4n) is 2.41. The van der Waals surface area contributed by atoms with Crippen molar-refractivity contribution < 1.29 is 9.53 Å². The van der Waals surface area contributed by atoms with E-state index in [1.165, 1.54) is 32.1 Å². The summed E-state index contributed by atoms with van der Waals surface area (Å²) < 4.78 is 5.78. The number of primary amides is 1. The standard InChI is InChI=1S/C13H26N2O2/c1-10(8-13(2,15)12(14)16)17-9-11-6-4-3-5-7-11/h10-11H,3-9,15H2,1-2H3,(H2,14,16). The van der Waals surface area contributed by atoms with Crippen molar-refractivity contribution in [1.82, 2.24) is 0 Å². The lowest BCUT2D eigenvalue weighted by molar-refractivity contribution is -0.124. The molecule has 4 nitrogen and oxygen atoms in total. The second-order valence-electron chi connectivity index (χ2n) is 5.63. The van der Waals surface area contributed by atoms with Gasteiger partial charge in [-0.1, -0.05) is 19.3 Å². The van der Waals surface area contributed by atoms with Gasteiger partial charge in [-0.2, -0.15) is 0 Å². The zero-order valence-electron chi connectivity index (χ0n) is 11.1. The van der Waals surface area contributed by atoms with Gasteiger partial charge >= 0.3 is 0 Å². The van der Waals surface area contributed by atoms with Crippen molar-refractivity contribution in [1.29, 1.82) is 0 Å². The van der Waals surface area contributed by atoms with Gasteiger partial charge in [0.25, 0.3) is 0 Å². The van der Waals surface area contributed by atoms with Crippen molar-refractivity contribution in [3.05, 3.63) is 0 Å². The van der Waals surface area contributed by atoms with E-state index in [-0.39, 0.29) is 6.10 Å². The zero-order chi connectivity index (χ0) is 12.9. The number of amides is 1. The van der Waals surface area contributed by atoms with Crippen LogP contribution in [0, 0.1) is 5.92 Å². The van der Waals surface area contributed by atoms with Gasteiger partial charge < -0.3 is 16.2 Å². The van der Waals surface area contributed by atoms with E-state index in [4.69, 9.17) is 16.2 Å². The van der Waals surface area contributed by atoms with Crippen molar-refractivity contribution in [2.45, 2.75) is 64.0 Å². The summed E-state index contributed by atoms with van der Waals surface area (Å²) >= 11 is 0. The molecular weight excluding hydrogens is 216 g/mol. The van der Waals surface area contributed by atoms with E-state index in [1.807, 2.05) is 6.92 Å². The smallest absolute Gasteiger partial charge is 0.237 e. The van der Waals surface area contributed by atoms with Crippen LogP contribution in [0.1, 0.15) is 52.4 Å². The van der Waals surface area contributed by atoms with E-state index in [9.17, 15) is 4.79 Å². The predicted molar refractivity (Wildman–Crippen MR) is 68.4 cm³/mol. The molecule has 0 bridgehead atoms. The van der Waals surface area contributed by atoms with E-state index in [0.29, 0.717) is 12.3 Å². The van der Waals surface area contributed by atoms with Crippen molar-refractivity contribution >= 4 is 5.91 Å². The summed E-state index contributed by atoms with van der Waals surface area (Å²) in [5.41, 5.74) is 10.1. The summed E-state index contributed by atoms with van der Waals surface area (Å²) in [6.07, 6.45) is 6.99. The molecule has 2 atom stereocenters. The predicted octanol–water partition coefficient (Wildman–Crippen LogP) is 1.56. The van der Waals surface area contributed by atoms with Gasteiger partial charge in [-0.15, -0.1) is 0 Å². The average Bonchev–Trinajstić information content (AvgIpc) is 2.27. The summed E-state index contributed by atoms with van der Waals surface area (Å²) in [6.45, 7) is 4.41. The maximum Gasteiger partial charge on any atom is 0.237 e. The molecule has 1 aliphatic carbocycles. The summed E-state index contributed by atoms with van der Waals surface area (Å²) in [6, 6.07) is 0. The lowest BCUT2D eigenvalue weighted by Gasteiger charge is -2.27. The molecule has 100 valence electrons. The third-order valence-electron chi connectivity index (χ3n) is 3.62. The lowest BCUT2D eigenvalue weighted by atomic mass is 9.90. The van der Waals surface area contributed by atoms with Gasteiger partial charge in [0.15, 0.2) is 0 Å². The monoisotopic (exact) mass is 242 g/mol. The molecule has 0 saturated heterocycles. The van der Waals surface area contributed by atoms with Crippen molar-refractivity contribution in [2.24, 2.45) is 17.4 Å². The average molecular weight is 242 g/mol. The van der Waals surface area contributed by atoms with Crippen LogP contribution in [-0.2, 0) is 9.53 Å². The quantitative estimate of drug-likeness (QED) is 0.742.